The minimum atomic E-state index is 0.302. The second-order valence-corrected chi connectivity index (χ2v) is 6.04. The molecule has 1 aliphatic heterocycles. The van der Waals surface area contributed by atoms with Gasteiger partial charge in [-0.25, -0.2) is 0 Å². The van der Waals surface area contributed by atoms with Crippen LogP contribution in [-0.4, -0.2) is 23.8 Å². The molecule has 1 aromatic carbocycles. The Morgan fingerprint density at radius 3 is 2.16 bits per heavy atom. The monoisotopic (exact) mass is 259 g/mol. The van der Waals surface area contributed by atoms with Gasteiger partial charge in [0.25, 0.3) is 0 Å². The summed E-state index contributed by atoms with van der Waals surface area (Å²) in [6.07, 6.45) is 2.05. The van der Waals surface area contributed by atoms with E-state index < -0.39 is 0 Å². The van der Waals surface area contributed by atoms with Crippen molar-refractivity contribution >= 4 is 5.78 Å². The van der Waals surface area contributed by atoms with E-state index in [0.29, 0.717) is 11.7 Å². The first-order valence-corrected chi connectivity index (χ1v) is 7.27. The summed E-state index contributed by atoms with van der Waals surface area (Å²) in [6, 6.07) is 4.54. The van der Waals surface area contributed by atoms with E-state index in [4.69, 9.17) is 0 Å². The molecule has 2 nitrogen and oxygen atoms in total. The van der Waals surface area contributed by atoms with E-state index in [0.717, 1.165) is 32.5 Å². The average Bonchev–Trinajstić information content (AvgIpc) is 2.34. The molecule has 0 aromatic heterocycles. The van der Waals surface area contributed by atoms with Gasteiger partial charge in [0.1, 0.15) is 5.78 Å². The number of nitrogens with zero attached hydrogens (tertiary/aromatic N) is 1. The molecule has 2 heteroatoms. The molecule has 0 atom stereocenters. The number of ketones is 1. The summed E-state index contributed by atoms with van der Waals surface area (Å²) >= 11 is 0. The maximum atomic E-state index is 11.4. The van der Waals surface area contributed by atoms with Crippen LogP contribution in [0.2, 0.25) is 0 Å². The summed E-state index contributed by atoms with van der Waals surface area (Å²) in [5.74, 6) is 0.666. The molecular weight excluding hydrogens is 234 g/mol. The van der Waals surface area contributed by atoms with Crippen LogP contribution in [0.3, 0.4) is 0 Å². The number of piperidine rings is 1. The first-order valence-electron chi connectivity index (χ1n) is 7.27. The fourth-order valence-corrected chi connectivity index (χ4v) is 3.18. The number of carbonyl (C=O) groups is 1. The molecule has 1 saturated heterocycles. The highest BCUT2D eigenvalue weighted by atomic mass is 16.1. The minimum absolute atomic E-state index is 0.302. The lowest BCUT2D eigenvalue weighted by Gasteiger charge is -2.31. The van der Waals surface area contributed by atoms with Gasteiger partial charge >= 0.3 is 0 Å². The van der Waals surface area contributed by atoms with Crippen LogP contribution >= 0.6 is 0 Å². The lowest BCUT2D eigenvalue weighted by molar-refractivity contribution is -0.122. The molecule has 2 rings (SSSR count). The maximum absolute atomic E-state index is 11.4. The summed E-state index contributed by atoms with van der Waals surface area (Å²) in [4.78, 5) is 13.9. The number of Topliss-reactive ketones (excluding diaryl/α,β-unsaturated/α-hetero) is 1. The first kappa shape index (κ1) is 14.3. The Hall–Kier alpha value is -1.15. The topological polar surface area (TPSA) is 20.3 Å². The second-order valence-electron chi connectivity index (χ2n) is 6.04. The SMILES string of the molecule is CC(=O)C1CCN(Cc2c(C)cc(C)cc2C)CC1. The van der Waals surface area contributed by atoms with Crippen LogP contribution < -0.4 is 0 Å². The quantitative estimate of drug-likeness (QED) is 0.829. The molecule has 1 heterocycles. The molecule has 104 valence electrons. The fourth-order valence-electron chi connectivity index (χ4n) is 3.18. The van der Waals surface area contributed by atoms with Crippen molar-refractivity contribution in [3.05, 3.63) is 34.4 Å². The normalized spacial score (nSPS) is 17.7. The smallest absolute Gasteiger partial charge is 0.133 e. The molecule has 0 radical (unpaired) electrons. The van der Waals surface area contributed by atoms with Crippen molar-refractivity contribution in [1.82, 2.24) is 4.90 Å². The third-order valence-electron chi connectivity index (χ3n) is 4.38. The maximum Gasteiger partial charge on any atom is 0.133 e. The Labute approximate surface area is 116 Å². The van der Waals surface area contributed by atoms with E-state index in [1.165, 1.54) is 22.3 Å². The molecule has 0 N–H and O–H groups in total. The van der Waals surface area contributed by atoms with Gasteiger partial charge in [-0.15, -0.1) is 0 Å². The average molecular weight is 259 g/mol. The van der Waals surface area contributed by atoms with Crippen molar-refractivity contribution < 1.29 is 4.79 Å². The number of rotatable bonds is 3. The Morgan fingerprint density at radius 1 is 1.16 bits per heavy atom. The van der Waals surface area contributed by atoms with E-state index in [2.05, 4.69) is 37.8 Å². The van der Waals surface area contributed by atoms with Gasteiger partial charge in [0, 0.05) is 12.5 Å². The van der Waals surface area contributed by atoms with Crippen molar-refractivity contribution in [1.29, 1.82) is 0 Å². The molecule has 0 saturated carbocycles. The van der Waals surface area contributed by atoms with Gasteiger partial charge in [-0.3, -0.25) is 9.69 Å². The predicted octanol–water partition coefficient (Wildman–Crippen LogP) is 3.41. The van der Waals surface area contributed by atoms with E-state index >= 15 is 0 Å². The van der Waals surface area contributed by atoms with E-state index in [-0.39, 0.29) is 0 Å². The molecule has 1 aromatic rings. The number of hydrogen-bond donors (Lipinski definition) is 0. The molecule has 0 amide bonds. The van der Waals surface area contributed by atoms with Crippen molar-refractivity contribution in [3.8, 4) is 0 Å². The fraction of sp³-hybridized carbons (Fsp3) is 0.588. The van der Waals surface area contributed by atoms with Gasteiger partial charge in [0.05, 0.1) is 0 Å². The standard InChI is InChI=1S/C17H25NO/c1-12-9-13(2)17(14(3)10-12)11-18-7-5-16(6-8-18)15(4)19/h9-10,16H,5-8,11H2,1-4H3. The number of hydrogen-bond acceptors (Lipinski definition) is 2. The Morgan fingerprint density at radius 2 is 1.68 bits per heavy atom. The molecule has 1 fully saturated rings. The zero-order chi connectivity index (χ0) is 14.0. The van der Waals surface area contributed by atoms with E-state index in [1.54, 1.807) is 6.92 Å². The molecule has 0 bridgehead atoms. The molecule has 0 spiro atoms. The Kier molecular flexibility index (Phi) is 4.41. The zero-order valence-corrected chi connectivity index (χ0v) is 12.6. The molecule has 19 heavy (non-hydrogen) atoms. The highest BCUT2D eigenvalue weighted by Gasteiger charge is 2.22. The molecular formula is C17H25NO. The van der Waals surface area contributed by atoms with Crippen LogP contribution in [0.25, 0.3) is 0 Å². The van der Waals surface area contributed by atoms with Crippen LogP contribution in [0.4, 0.5) is 0 Å². The van der Waals surface area contributed by atoms with Gasteiger partial charge in [-0.1, -0.05) is 17.7 Å². The molecule has 0 aliphatic carbocycles. The van der Waals surface area contributed by atoms with Gasteiger partial charge in [-0.05, 0) is 70.3 Å². The van der Waals surface area contributed by atoms with Crippen LogP contribution in [0.15, 0.2) is 12.1 Å². The summed E-state index contributed by atoms with van der Waals surface area (Å²) in [5, 5.41) is 0. The Bertz CT molecular complexity index is 447. The van der Waals surface area contributed by atoms with Crippen molar-refractivity contribution in [3.63, 3.8) is 0 Å². The number of aryl methyl sites for hydroxylation is 3. The summed E-state index contributed by atoms with van der Waals surface area (Å²) < 4.78 is 0. The minimum Gasteiger partial charge on any atom is -0.300 e. The summed E-state index contributed by atoms with van der Waals surface area (Å²) in [7, 11) is 0. The van der Waals surface area contributed by atoms with Crippen molar-refractivity contribution in [2.45, 2.75) is 47.1 Å². The number of carbonyl (C=O) groups excluding carboxylic acids is 1. The largest absolute Gasteiger partial charge is 0.300 e. The van der Waals surface area contributed by atoms with Crippen molar-refractivity contribution in [2.24, 2.45) is 5.92 Å². The predicted molar refractivity (Wildman–Crippen MR) is 79.3 cm³/mol. The summed E-state index contributed by atoms with van der Waals surface area (Å²) in [6.45, 7) is 11.4. The van der Waals surface area contributed by atoms with Crippen LogP contribution in [-0.2, 0) is 11.3 Å². The lowest BCUT2D eigenvalue weighted by Crippen LogP contribution is -2.35. The lowest BCUT2D eigenvalue weighted by atomic mass is 9.92. The highest BCUT2D eigenvalue weighted by Crippen LogP contribution is 2.23. The molecule has 1 aliphatic rings. The first-order chi connectivity index (χ1) is 8.97. The zero-order valence-electron chi connectivity index (χ0n) is 12.6. The third-order valence-corrected chi connectivity index (χ3v) is 4.38. The van der Waals surface area contributed by atoms with E-state index in [9.17, 15) is 4.79 Å². The van der Waals surface area contributed by atoms with Crippen LogP contribution in [0.1, 0.15) is 42.0 Å². The number of likely N-dealkylation sites (tertiary alicyclic amines) is 1. The Balaban J connectivity index is 2.02. The highest BCUT2D eigenvalue weighted by molar-refractivity contribution is 5.78. The summed E-state index contributed by atoms with van der Waals surface area (Å²) in [5.41, 5.74) is 5.60. The van der Waals surface area contributed by atoms with Gasteiger partial charge in [-0.2, -0.15) is 0 Å². The third kappa shape index (κ3) is 3.44. The van der Waals surface area contributed by atoms with Gasteiger partial charge in [0.2, 0.25) is 0 Å². The van der Waals surface area contributed by atoms with Gasteiger partial charge in [0.15, 0.2) is 0 Å². The second kappa shape index (κ2) is 5.87. The van der Waals surface area contributed by atoms with Crippen LogP contribution in [0.5, 0.6) is 0 Å². The van der Waals surface area contributed by atoms with Gasteiger partial charge < -0.3 is 0 Å². The van der Waals surface area contributed by atoms with Crippen molar-refractivity contribution in [2.75, 3.05) is 13.1 Å². The number of benzene rings is 1. The van der Waals surface area contributed by atoms with E-state index in [1.807, 2.05) is 0 Å². The molecule has 0 unspecified atom stereocenters. The van der Waals surface area contributed by atoms with Crippen LogP contribution in [0, 0.1) is 26.7 Å².